The lowest BCUT2D eigenvalue weighted by Crippen LogP contribution is -2.41. The van der Waals surface area contributed by atoms with Crippen LogP contribution in [0.4, 0.5) is 5.13 Å². The number of thiazole rings is 1. The predicted octanol–water partition coefficient (Wildman–Crippen LogP) is 1.76. The summed E-state index contributed by atoms with van der Waals surface area (Å²) in [4.78, 5) is 31.7. The Hall–Kier alpha value is -1.47. The first-order valence-electron chi connectivity index (χ1n) is 8.32. The van der Waals surface area contributed by atoms with E-state index in [1.807, 2.05) is 13.8 Å². The molecule has 6 nitrogen and oxygen atoms in total. The molecule has 0 atom stereocenters. The lowest BCUT2D eigenvalue weighted by Gasteiger charge is -2.25. The first-order chi connectivity index (χ1) is 11.0. The number of aromatic nitrogens is 1. The number of anilines is 1. The Morgan fingerprint density at radius 3 is 2.83 bits per heavy atom. The number of hydrogen-bond acceptors (Lipinski definition) is 5. The molecular formula is C16H24N4O2S. The molecule has 23 heavy (non-hydrogen) atoms. The maximum atomic E-state index is 12.0. The third-order valence-corrected chi connectivity index (χ3v) is 5.33. The summed E-state index contributed by atoms with van der Waals surface area (Å²) in [5, 5.41) is 6.58. The maximum Gasteiger partial charge on any atom is 0.234 e. The Kier molecular flexibility index (Phi) is 4.96. The fraction of sp³-hybridized carbons (Fsp3) is 0.688. The molecule has 1 aromatic rings. The number of nitrogens with zero attached hydrogens (tertiary/aromatic N) is 2. The van der Waals surface area contributed by atoms with Crippen molar-refractivity contribution < 1.29 is 9.59 Å². The van der Waals surface area contributed by atoms with E-state index in [4.69, 9.17) is 0 Å². The zero-order valence-electron chi connectivity index (χ0n) is 13.7. The van der Waals surface area contributed by atoms with Crippen molar-refractivity contribution in [2.75, 3.05) is 18.4 Å². The fourth-order valence-electron chi connectivity index (χ4n) is 2.89. The second-order valence-electron chi connectivity index (χ2n) is 6.69. The number of fused-ring (bicyclic) bond motifs is 1. The molecule has 3 rings (SSSR count). The van der Waals surface area contributed by atoms with E-state index < -0.39 is 0 Å². The van der Waals surface area contributed by atoms with Gasteiger partial charge in [0.2, 0.25) is 11.8 Å². The first-order valence-corrected chi connectivity index (χ1v) is 9.14. The van der Waals surface area contributed by atoms with Gasteiger partial charge in [0.05, 0.1) is 12.2 Å². The Morgan fingerprint density at radius 1 is 1.39 bits per heavy atom. The van der Waals surface area contributed by atoms with Gasteiger partial charge in [0, 0.05) is 36.3 Å². The summed E-state index contributed by atoms with van der Waals surface area (Å²) in [6.45, 7) is 5.91. The van der Waals surface area contributed by atoms with Crippen LogP contribution in [0.15, 0.2) is 0 Å². The van der Waals surface area contributed by atoms with Gasteiger partial charge >= 0.3 is 0 Å². The average Bonchev–Trinajstić information content (AvgIpc) is 2.76. The van der Waals surface area contributed by atoms with Crippen LogP contribution in [0.3, 0.4) is 0 Å². The number of nitrogens with one attached hydrogen (secondary N) is 2. The van der Waals surface area contributed by atoms with Crippen LogP contribution in [-0.4, -0.2) is 40.8 Å². The Bertz CT molecular complexity index is 595. The molecule has 0 saturated heterocycles. The molecule has 1 aliphatic carbocycles. The van der Waals surface area contributed by atoms with Crippen molar-refractivity contribution in [2.24, 2.45) is 5.92 Å². The molecule has 0 spiro atoms. The van der Waals surface area contributed by atoms with Gasteiger partial charge in [0.25, 0.3) is 0 Å². The zero-order valence-corrected chi connectivity index (χ0v) is 14.5. The summed E-state index contributed by atoms with van der Waals surface area (Å²) < 4.78 is 0. The van der Waals surface area contributed by atoms with E-state index in [2.05, 4.69) is 20.5 Å². The second kappa shape index (κ2) is 6.97. The van der Waals surface area contributed by atoms with Crippen molar-refractivity contribution in [1.82, 2.24) is 15.2 Å². The monoisotopic (exact) mass is 336 g/mol. The van der Waals surface area contributed by atoms with Crippen LogP contribution >= 0.6 is 11.3 Å². The summed E-state index contributed by atoms with van der Waals surface area (Å²) in [6.07, 6.45) is 3.98. The molecule has 0 bridgehead atoms. The number of hydrogen-bond donors (Lipinski definition) is 2. The Morgan fingerprint density at radius 2 is 2.17 bits per heavy atom. The highest BCUT2D eigenvalue weighted by atomic mass is 32.1. The summed E-state index contributed by atoms with van der Waals surface area (Å²) in [5.74, 6) is 0.342. The van der Waals surface area contributed by atoms with E-state index in [0.29, 0.717) is 11.7 Å². The van der Waals surface area contributed by atoms with Gasteiger partial charge in [-0.25, -0.2) is 4.98 Å². The molecule has 0 unspecified atom stereocenters. The fourth-order valence-corrected chi connectivity index (χ4v) is 3.94. The van der Waals surface area contributed by atoms with Crippen LogP contribution in [-0.2, 0) is 22.6 Å². The van der Waals surface area contributed by atoms with E-state index in [9.17, 15) is 9.59 Å². The predicted molar refractivity (Wildman–Crippen MR) is 90.3 cm³/mol. The molecule has 1 saturated carbocycles. The largest absolute Gasteiger partial charge is 0.353 e. The molecule has 7 heteroatoms. The molecule has 2 amide bonds. The van der Waals surface area contributed by atoms with Gasteiger partial charge in [0.15, 0.2) is 5.13 Å². The number of amides is 2. The van der Waals surface area contributed by atoms with Crippen LogP contribution in [0.1, 0.15) is 43.7 Å². The molecule has 1 aliphatic heterocycles. The molecule has 0 radical (unpaired) electrons. The maximum absolute atomic E-state index is 12.0. The number of carbonyl (C=O) groups excluding carboxylic acids is 2. The van der Waals surface area contributed by atoms with Crippen LogP contribution in [0.25, 0.3) is 0 Å². The van der Waals surface area contributed by atoms with E-state index >= 15 is 0 Å². The third kappa shape index (κ3) is 4.09. The normalized spacial score (nSPS) is 18.4. The minimum atomic E-state index is 0.0616. The van der Waals surface area contributed by atoms with E-state index in [-0.39, 0.29) is 23.8 Å². The molecule has 2 heterocycles. The van der Waals surface area contributed by atoms with Crippen LogP contribution in [0, 0.1) is 5.92 Å². The number of carbonyl (C=O) groups is 2. The van der Waals surface area contributed by atoms with E-state index in [0.717, 1.165) is 49.3 Å². The second-order valence-corrected chi connectivity index (χ2v) is 7.77. The quantitative estimate of drug-likeness (QED) is 0.859. The topological polar surface area (TPSA) is 74.3 Å². The molecule has 1 fully saturated rings. The third-order valence-electron chi connectivity index (χ3n) is 4.33. The molecule has 0 aromatic carbocycles. The highest BCUT2D eigenvalue weighted by Crippen LogP contribution is 2.31. The molecule has 1 aromatic heterocycles. The summed E-state index contributed by atoms with van der Waals surface area (Å²) in [5.41, 5.74) is 1.07. The van der Waals surface area contributed by atoms with Crippen LogP contribution in [0.2, 0.25) is 0 Å². The first kappa shape index (κ1) is 16.4. The van der Waals surface area contributed by atoms with Gasteiger partial charge in [-0.3, -0.25) is 14.5 Å². The van der Waals surface area contributed by atoms with Gasteiger partial charge in [-0.15, -0.1) is 11.3 Å². The van der Waals surface area contributed by atoms with Gasteiger partial charge < -0.3 is 10.6 Å². The summed E-state index contributed by atoms with van der Waals surface area (Å²) >= 11 is 1.54. The Labute approximate surface area is 140 Å². The number of rotatable bonds is 5. The van der Waals surface area contributed by atoms with Crippen molar-refractivity contribution in [3.8, 4) is 0 Å². The van der Waals surface area contributed by atoms with Crippen molar-refractivity contribution in [3.05, 3.63) is 10.6 Å². The molecular weight excluding hydrogens is 312 g/mol. The van der Waals surface area contributed by atoms with Gasteiger partial charge in [-0.1, -0.05) is 6.42 Å². The van der Waals surface area contributed by atoms with Crippen LogP contribution in [0.5, 0.6) is 0 Å². The smallest absolute Gasteiger partial charge is 0.234 e. The highest BCUT2D eigenvalue weighted by molar-refractivity contribution is 7.15. The van der Waals surface area contributed by atoms with E-state index in [1.165, 1.54) is 0 Å². The van der Waals surface area contributed by atoms with Crippen molar-refractivity contribution in [1.29, 1.82) is 0 Å². The molecule has 126 valence electrons. The van der Waals surface area contributed by atoms with Crippen molar-refractivity contribution in [3.63, 3.8) is 0 Å². The lowest BCUT2D eigenvalue weighted by molar-refractivity contribution is -0.123. The van der Waals surface area contributed by atoms with Crippen molar-refractivity contribution in [2.45, 2.75) is 52.1 Å². The van der Waals surface area contributed by atoms with E-state index in [1.54, 1.807) is 11.3 Å². The zero-order chi connectivity index (χ0) is 16.4. The highest BCUT2D eigenvalue weighted by Gasteiger charge is 2.27. The summed E-state index contributed by atoms with van der Waals surface area (Å²) in [7, 11) is 0. The minimum absolute atomic E-state index is 0.0616. The molecule has 2 aliphatic rings. The van der Waals surface area contributed by atoms with Gasteiger partial charge in [0.1, 0.15) is 0 Å². The van der Waals surface area contributed by atoms with Crippen LogP contribution < -0.4 is 10.6 Å². The standard InChI is InChI=1S/C16H24N4O2S/c1-10(2)17-14(21)9-20-7-6-12-13(8-20)23-16(18-12)19-15(22)11-4-3-5-11/h10-11H,3-9H2,1-2H3,(H,17,21)(H,18,19,22). The average molecular weight is 336 g/mol. The van der Waals surface area contributed by atoms with Gasteiger partial charge in [-0.05, 0) is 26.7 Å². The van der Waals surface area contributed by atoms with Crippen molar-refractivity contribution >= 4 is 28.3 Å². The SMILES string of the molecule is CC(C)NC(=O)CN1CCc2nc(NC(=O)C3CCC3)sc2C1. The Balaban J connectivity index is 1.56. The van der Waals surface area contributed by atoms with Gasteiger partial charge in [-0.2, -0.15) is 0 Å². The summed E-state index contributed by atoms with van der Waals surface area (Å²) in [6, 6.07) is 0.166. The lowest BCUT2D eigenvalue weighted by atomic mass is 9.85. The molecule has 2 N–H and O–H groups in total. The minimum Gasteiger partial charge on any atom is -0.353 e.